The fourth-order valence-electron chi connectivity index (χ4n) is 3.22. The molecule has 0 spiro atoms. The Balaban J connectivity index is 1.67. The highest BCUT2D eigenvalue weighted by Crippen LogP contribution is 2.25. The molecule has 2 aromatic heterocycles. The number of pyridine rings is 1. The quantitative estimate of drug-likeness (QED) is 0.454. The standard InChI is InChI=1S/C23H25ClF2N6O2/c1-31(2)13-17-8-4-3-7-16(17)11-28-20(33)14-32-19(24)12-29-21(22(32)34)30-15-23(25,26)18-9-5-6-10-27-18/h3-10,12H,11,13-15H2,1-2H3,(H,28,33)(H,29,30). The van der Waals surface area contributed by atoms with Gasteiger partial charge in [0, 0.05) is 19.3 Å². The predicted octanol–water partition coefficient (Wildman–Crippen LogP) is 2.87. The van der Waals surface area contributed by atoms with Crippen LogP contribution in [0.15, 0.2) is 59.7 Å². The van der Waals surface area contributed by atoms with E-state index in [4.69, 9.17) is 11.6 Å². The van der Waals surface area contributed by atoms with Crippen LogP contribution >= 0.6 is 11.6 Å². The van der Waals surface area contributed by atoms with Crippen molar-refractivity contribution in [1.29, 1.82) is 0 Å². The Morgan fingerprint density at radius 2 is 1.82 bits per heavy atom. The SMILES string of the molecule is CN(C)Cc1ccccc1CNC(=O)Cn1c(Cl)cnc(NCC(F)(F)c2ccccn2)c1=O. The lowest BCUT2D eigenvalue weighted by molar-refractivity contribution is -0.121. The molecule has 11 heteroatoms. The Morgan fingerprint density at radius 1 is 1.12 bits per heavy atom. The fourth-order valence-corrected chi connectivity index (χ4v) is 3.40. The summed E-state index contributed by atoms with van der Waals surface area (Å²) in [5.41, 5.74) is 0.780. The van der Waals surface area contributed by atoms with Gasteiger partial charge in [0.2, 0.25) is 5.91 Å². The summed E-state index contributed by atoms with van der Waals surface area (Å²) in [5, 5.41) is 5.03. The van der Waals surface area contributed by atoms with E-state index >= 15 is 0 Å². The molecule has 0 aliphatic carbocycles. The minimum absolute atomic E-state index is 0.0878. The first-order valence-electron chi connectivity index (χ1n) is 10.4. The molecule has 2 N–H and O–H groups in total. The molecule has 1 amide bonds. The summed E-state index contributed by atoms with van der Waals surface area (Å²) in [5.74, 6) is -4.14. The molecule has 0 atom stereocenters. The number of hydrogen-bond acceptors (Lipinski definition) is 6. The molecule has 3 aromatic rings. The summed E-state index contributed by atoms with van der Waals surface area (Å²) < 4.78 is 29.7. The third kappa shape index (κ3) is 6.58. The number of hydrogen-bond donors (Lipinski definition) is 2. The second-order valence-electron chi connectivity index (χ2n) is 7.88. The third-order valence-corrected chi connectivity index (χ3v) is 5.21. The van der Waals surface area contributed by atoms with Gasteiger partial charge in [0.05, 0.1) is 12.7 Å². The van der Waals surface area contributed by atoms with Gasteiger partial charge >= 0.3 is 5.92 Å². The lowest BCUT2D eigenvalue weighted by Crippen LogP contribution is -2.35. The molecular weight excluding hydrogens is 466 g/mol. The zero-order valence-corrected chi connectivity index (χ0v) is 19.5. The molecule has 1 aromatic carbocycles. The van der Waals surface area contributed by atoms with Gasteiger partial charge < -0.3 is 15.5 Å². The fraction of sp³-hybridized carbons (Fsp3) is 0.304. The number of halogens is 3. The maximum Gasteiger partial charge on any atom is 0.306 e. The van der Waals surface area contributed by atoms with Crippen LogP contribution in [0.25, 0.3) is 0 Å². The average molecular weight is 491 g/mol. The van der Waals surface area contributed by atoms with Crippen LogP contribution in [0.3, 0.4) is 0 Å². The van der Waals surface area contributed by atoms with Crippen molar-refractivity contribution >= 4 is 23.3 Å². The predicted molar refractivity (Wildman–Crippen MR) is 126 cm³/mol. The number of anilines is 1. The van der Waals surface area contributed by atoms with Crippen LogP contribution in [0, 0.1) is 0 Å². The largest absolute Gasteiger partial charge is 0.359 e. The number of benzene rings is 1. The van der Waals surface area contributed by atoms with Crippen LogP contribution in [0.5, 0.6) is 0 Å². The first kappa shape index (κ1) is 25.3. The van der Waals surface area contributed by atoms with Crippen molar-refractivity contribution in [3.05, 3.63) is 87.2 Å². The number of nitrogens with zero attached hydrogens (tertiary/aromatic N) is 4. The van der Waals surface area contributed by atoms with E-state index in [0.29, 0.717) is 6.54 Å². The molecule has 8 nitrogen and oxygen atoms in total. The van der Waals surface area contributed by atoms with Gasteiger partial charge in [0.25, 0.3) is 5.56 Å². The Hall–Kier alpha value is -3.37. The first-order valence-corrected chi connectivity index (χ1v) is 10.8. The normalized spacial score (nSPS) is 11.5. The van der Waals surface area contributed by atoms with Gasteiger partial charge in [-0.05, 0) is 37.4 Å². The van der Waals surface area contributed by atoms with Gasteiger partial charge in [-0.15, -0.1) is 0 Å². The molecule has 3 rings (SSSR count). The minimum atomic E-state index is -3.34. The van der Waals surface area contributed by atoms with Gasteiger partial charge in [-0.1, -0.05) is 41.9 Å². The smallest absolute Gasteiger partial charge is 0.306 e. The number of amides is 1. The molecule has 0 aliphatic rings. The topological polar surface area (TPSA) is 92.2 Å². The Bertz CT molecular complexity index is 1190. The molecule has 0 radical (unpaired) electrons. The Kier molecular flexibility index (Phi) is 8.30. The van der Waals surface area contributed by atoms with Crippen molar-refractivity contribution < 1.29 is 13.6 Å². The lowest BCUT2D eigenvalue weighted by atomic mass is 10.1. The first-order chi connectivity index (χ1) is 16.2. The zero-order valence-electron chi connectivity index (χ0n) is 18.8. The van der Waals surface area contributed by atoms with Gasteiger partial charge in [0.15, 0.2) is 5.82 Å². The van der Waals surface area contributed by atoms with Gasteiger partial charge in [-0.3, -0.25) is 19.1 Å². The van der Waals surface area contributed by atoms with E-state index in [2.05, 4.69) is 20.6 Å². The Morgan fingerprint density at radius 3 is 2.50 bits per heavy atom. The van der Waals surface area contributed by atoms with Crippen LogP contribution in [0.2, 0.25) is 5.15 Å². The summed E-state index contributed by atoms with van der Waals surface area (Å²) >= 11 is 6.06. The Labute approximate surface area is 200 Å². The molecular formula is C23H25ClF2N6O2. The highest BCUT2D eigenvalue weighted by molar-refractivity contribution is 6.29. The van der Waals surface area contributed by atoms with E-state index in [-0.39, 0.29) is 24.1 Å². The van der Waals surface area contributed by atoms with Crippen molar-refractivity contribution in [1.82, 2.24) is 24.8 Å². The minimum Gasteiger partial charge on any atom is -0.359 e. The van der Waals surface area contributed by atoms with Crippen LogP contribution in [0.4, 0.5) is 14.6 Å². The summed E-state index contributed by atoms with van der Waals surface area (Å²) in [7, 11) is 3.90. The molecule has 0 bridgehead atoms. The molecule has 0 unspecified atom stereocenters. The van der Waals surface area contributed by atoms with Crippen molar-refractivity contribution in [3.8, 4) is 0 Å². The van der Waals surface area contributed by atoms with E-state index < -0.39 is 29.6 Å². The summed E-state index contributed by atoms with van der Waals surface area (Å²) in [6.45, 7) is -0.314. The number of alkyl halides is 2. The number of carbonyl (C=O) groups excluding carboxylic acids is 1. The lowest BCUT2D eigenvalue weighted by Gasteiger charge is -2.17. The molecule has 0 saturated carbocycles. The van der Waals surface area contributed by atoms with E-state index in [9.17, 15) is 18.4 Å². The van der Waals surface area contributed by atoms with Crippen molar-refractivity contribution in [2.45, 2.75) is 25.6 Å². The second kappa shape index (κ2) is 11.2. The molecule has 180 valence electrons. The molecule has 34 heavy (non-hydrogen) atoms. The van der Waals surface area contributed by atoms with Crippen LogP contribution in [-0.2, 0) is 30.4 Å². The van der Waals surface area contributed by atoms with Crippen LogP contribution in [0.1, 0.15) is 16.8 Å². The highest BCUT2D eigenvalue weighted by Gasteiger charge is 2.33. The van der Waals surface area contributed by atoms with Crippen molar-refractivity contribution in [3.63, 3.8) is 0 Å². The second-order valence-corrected chi connectivity index (χ2v) is 8.26. The maximum absolute atomic E-state index is 14.4. The van der Waals surface area contributed by atoms with Crippen LogP contribution < -0.4 is 16.2 Å². The molecule has 0 saturated heterocycles. The molecule has 0 fully saturated rings. The monoisotopic (exact) mass is 490 g/mol. The number of rotatable bonds is 10. The van der Waals surface area contributed by atoms with Gasteiger partial charge in [-0.2, -0.15) is 8.78 Å². The molecule has 0 aliphatic heterocycles. The number of aromatic nitrogens is 3. The van der Waals surface area contributed by atoms with Crippen LogP contribution in [-0.4, -0.2) is 46.0 Å². The summed E-state index contributed by atoms with van der Waals surface area (Å²) in [6.07, 6.45) is 2.39. The summed E-state index contributed by atoms with van der Waals surface area (Å²) in [4.78, 5) is 34.7. The molecule has 2 heterocycles. The van der Waals surface area contributed by atoms with Gasteiger partial charge in [0.1, 0.15) is 17.4 Å². The maximum atomic E-state index is 14.4. The van der Waals surface area contributed by atoms with E-state index in [1.54, 1.807) is 0 Å². The van der Waals surface area contributed by atoms with Crippen molar-refractivity contribution in [2.75, 3.05) is 26.0 Å². The zero-order chi connectivity index (χ0) is 24.7. The average Bonchev–Trinajstić information content (AvgIpc) is 2.81. The van der Waals surface area contributed by atoms with Crippen molar-refractivity contribution in [2.24, 2.45) is 0 Å². The highest BCUT2D eigenvalue weighted by atomic mass is 35.5. The van der Waals surface area contributed by atoms with Gasteiger partial charge in [-0.25, -0.2) is 4.98 Å². The van der Waals surface area contributed by atoms with E-state index in [1.165, 1.54) is 24.4 Å². The number of nitrogens with one attached hydrogen (secondary N) is 2. The van der Waals surface area contributed by atoms with E-state index in [0.717, 1.165) is 21.9 Å². The number of carbonyl (C=O) groups is 1. The third-order valence-electron chi connectivity index (χ3n) is 4.91. The summed E-state index contributed by atoms with van der Waals surface area (Å²) in [6, 6.07) is 11.9. The van der Waals surface area contributed by atoms with E-state index in [1.807, 2.05) is 43.3 Å².